The van der Waals surface area contributed by atoms with Crippen LogP contribution in [-0.2, 0) is 15.1 Å². The van der Waals surface area contributed by atoms with Gasteiger partial charge >= 0.3 is 6.03 Å². The number of aryl methyl sites for hydroxylation is 1. The van der Waals surface area contributed by atoms with E-state index in [9.17, 15) is 14.4 Å². The summed E-state index contributed by atoms with van der Waals surface area (Å²) < 4.78 is 0. The molecule has 0 radical (unpaired) electrons. The Labute approximate surface area is 164 Å². The molecule has 0 aliphatic carbocycles. The van der Waals surface area contributed by atoms with Gasteiger partial charge in [0.2, 0.25) is 5.91 Å². The van der Waals surface area contributed by atoms with Crippen LogP contribution in [0, 0.1) is 6.92 Å². The molecule has 1 atom stereocenters. The maximum absolute atomic E-state index is 12.9. The Morgan fingerprint density at radius 3 is 2.61 bits per heavy atom. The number of urea groups is 1. The molecular formula is C21H24N4O3. The van der Waals surface area contributed by atoms with Crippen LogP contribution in [0.15, 0.2) is 42.6 Å². The summed E-state index contributed by atoms with van der Waals surface area (Å²) in [5, 5.41) is 5.52. The molecule has 2 N–H and O–H groups in total. The lowest BCUT2D eigenvalue weighted by atomic mass is 9.97. The molecule has 7 nitrogen and oxygen atoms in total. The van der Waals surface area contributed by atoms with E-state index in [1.54, 1.807) is 31.3 Å². The number of benzene rings is 1. The molecule has 1 aliphatic heterocycles. The van der Waals surface area contributed by atoms with Crippen LogP contribution in [0.5, 0.6) is 0 Å². The summed E-state index contributed by atoms with van der Waals surface area (Å²) in [5.41, 5.74) is 1.79. The summed E-state index contributed by atoms with van der Waals surface area (Å²) in [7, 11) is 0. The van der Waals surface area contributed by atoms with Gasteiger partial charge in [-0.1, -0.05) is 38.1 Å². The molecule has 2 heterocycles. The van der Waals surface area contributed by atoms with Crippen LogP contribution in [0.25, 0.3) is 0 Å². The van der Waals surface area contributed by atoms with Crippen molar-refractivity contribution in [1.29, 1.82) is 0 Å². The largest absolute Gasteiger partial charge is 0.325 e. The van der Waals surface area contributed by atoms with Crippen LogP contribution in [0.1, 0.15) is 43.5 Å². The third-order valence-electron chi connectivity index (χ3n) is 4.95. The number of aromatic nitrogens is 1. The first-order valence-electron chi connectivity index (χ1n) is 9.19. The molecule has 0 spiro atoms. The Morgan fingerprint density at radius 2 is 1.96 bits per heavy atom. The van der Waals surface area contributed by atoms with Gasteiger partial charge < -0.3 is 10.6 Å². The highest BCUT2D eigenvalue weighted by molar-refractivity contribution is 6.10. The van der Waals surface area contributed by atoms with E-state index in [4.69, 9.17) is 0 Å². The molecule has 1 aromatic heterocycles. The number of hydrogen-bond donors (Lipinski definition) is 2. The fourth-order valence-corrected chi connectivity index (χ4v) is 3.34. The van der Waals surface area contributed by atoms with Gasteiger partial charge in [0.25, 0.3) is 5.91 Å². The van der Waals surface area contributed by atoms with Crippen LogP contribution in [-0.4, -0.2) is 34.3 Å². The fraction of sp³-hybridized carbons (Fsp3) is 0.333. The number of rotatable bonds is 5. The Bertz CT molecular complexity index is 927. The van der Waals surface area contributed by atoms with Crippen LogP contribution in [0.4, 0.5) is 10.5 Å². The fourth-order valence-electron chi connectivity index (χ4n) is 3.34. The summed E-state index contributed by atoms with van der Waals surface area (Å²) in [5.74, 6) is -0.704. The van der Waals surface area contributed by atoms with Crippen molar-refractivity contribution in [3.63, 3.8) is 0 Å². The van der Waals surface area contributed by atoms with Gasteiger partial charge in [-0.15, -0.1) is 0 Å². The monoisotopic (exact) mass is 380 g/mol. The van der Waals surface area contributed by atoms with Crippen molar-refractivity contribution in [1.82, 2.24) is 15.2 Å². The molecule has 0 saturated carbocycles. The lowest BCUT2D eigenvalue weighted by Crippen LogP contribution is -2.42. The molecule has 1 saturated heterocycles. The van der Waals surface area contributed by atoms with Crippen molar-refractivity contribution >= 4 is 23.5 Å². The Kier molecular flexibility index (Phi) is 5.18. The van der Waals surface area contributed by atoms with Gasteiger partial charge in [-0.3, -0.25) is 19.5 Å². The van der Waals surface area contributed by atoms with Gasteiger partial charge in [-0.25, -0.2) is 4.79 Å². The van der Waals surface area contributed by atoms with Gasteiger partial charge in [0.1, 0.15) is 6.54 Å². The second kappa shape index (κ2) is 7.42. The second-order valence-corrected chi connectivity index (χ2v) is 7.40. The number of nitrogens with one attached hydrogen (secondary N) is 2. The third-order valence-corrected chi connectivity index (χ3v) is 4.95. The number of anilines is 1. The Hall–Kier alpha value is -3.22. The maximum atomic E-state index is 12.9. The average molecular weight is 380 g/mol. The van der Waals surface area contributed by atoms with Gasteiger partial charge in [-0.05, 0) is 43.0 Å². The van der Waals surface area contributed by atoms with E-state index >= 15 is 0 Å². The lowest BCUT2D eigenvalue weighted by molar-refractivity contribution is -0.133. The smallest absolute Gasteiger partial charge is 0.324 e. The summed E-state index contributed by atoms with van der Waals surface area (Å²) in [6.07, 6.45) is 1.56. The van der Waals surface area contributed by atoms with Crippen molar-refractivity contribution in [2.45, 2.75) is 39.2 Å². The molecule has 0 bridgehead atoms. The molecular weight excluding hydrogens is 356 g/mol. The number of hydrogen-bond acceptors (Lipinski definition) is 4. The van der Waals surface area contributed by atoms with E-state index in [0.717, 1.165) is 21.7 Å². The van der Waals surface area contributed by atoms with Crippen LogP contribution in [0.3, 0.4) is 0 Å². The molecule has 28 heavy (non-hydrogen) atoms. The van der Waals surface area contributed by atoms with E-state index < -0.39 is 23.4 Å². The first kappa shape index (κ1) is 19.5. The molecule has 2 aromatic rings. The topological polar surface area (TPSA) is 91.4 Å². The average Bonchev–Trinajstić information content (AvgIpc) is 2.88. The molecule has 7 heteroatoms. The first-order chi connectivity index (χ1) is 13.2. The van der Waals surface area contributed by atoms with Crippen molar-refractivity contribution in [3.8, 4) is 0 Å². The first-order valence-corrected chi connectivity index (χ1v) is 9.19. The SMILES string of the molecule is Cc1cccc(C(C)C)c1NC(=O)CN1C(=O)NC(C)(c2ccccn2)C1=O. The summed E-state index contributed by atoms with van der Waals surface area (Å²) in [4.78, 5) is 43.0. The quantitative estimate of drug-likeness (QED) is 0.780. The Balaban J connectivity index is 1.79. The van der Waals surface area contributed by atoms with Crippen LogP contribution < -0.4 is 10.6 Å². The molecule has 1 aliphatic rings. The number of carbonyl (C=O) groups excluding carboxylic acids is 3. The second-order valence-electron chi connectivity index (χ2n) is 7.40. The maximum Gasteiger partial charge on any atom is 0.325 e. The lowest BCUT2D eigenvalue weighted by Gasteiger charge is -2.21. The molecule has 146 valence electrons. The van der Waals surface area contributed by atoms with Crippen molar-refractivity contribution in [2.24, 2.45) is 0 Å². The predicted octanol–water partition coefficient (Wildman–Crippen LogP) is 2.92. The molecule has 1 fully saturated rings. The van der Waals surface area contributed by atoms with Crippen LogP contribution in [0.2, 0.25) is 0 Å². The number of para-hydroxylation sites is 1. The van der Waals surface area contributed by atoms with Crippen molar-refractivity contribution in [3.05, 3.63) is 59.4 Å². The van der Waals surface area contributed by atoms with Gasteiger partial charge in [0.05, 0.1) is 5.69 Å². The van der Waals surface area contributed by atoms with Gasteiger partial charge in [0, 0.05) is 11.9 Å². The predicted molar refractivity (Wildman–Crippen MR) is 106 cm³/mol. The summed E-state index contributed by atoms with van der Waals surface area (Å²) in [6.45, 7) is 7.22. The molecule has 4 amide bonds. The number of amides is 4. The van der Waals surface area contributed by atoms with Crippen molar-refractivity contribution < 1.29 is 14.4 Å². The zero-order valence-corrected chi connectivity index (χ0v) is 16.4. The van der Waals surface area contributed by atoms with Crippen LogP contribution >= 0.6 is 0 Å². The molecule has 1 unspecified atom stereocenters. The van der Waals surface area contributed by atoms with E-state index in [-0.39, 0.29) is 12.5 Å². The minimum atomic E-state index is -1.29. The van der Waals surface area contributed by atoms with E-state index in [1.165, 1.54) is 0 Å². The van der Waals surface area contributed by atoms with E-state index in [1.807, 2.05) is 39.0 Å². The highest BCUT2D eigenvalue weighted by Crippen LogP contribution is 2.29. The highest BCUT2D eigenvalue weighted by Gasteiger charge is 2.50. The minimum absolute atomic E-state index is 0.222. The number of nitrogens with zero attached hydrogens (tertiary/aromatic N) is 2. The zero-order chi connectivity index (χ0) is 20.5. The zero-order valence-electron chi connectivity index (χ0n) is 16.4. The Morgan fingerprint density at radius 1 is 1.21 bits per heavy atom. The summed E-state index contributed by atoms with van der Waals surface area (Å²) >= 11 is 0. The highest BCUT2D eigenvalue weighted by atomic mass is 16.2. The third kappa shape index (κ3) is 3.47. The van der Waals surface area contributed by atoms with Crippen molar-refractivity contribution in [2.75, 3.05) is 11.9 Å². The van der Waals surface area contributed by atoms with Gasteiger partial charge in [0.15, 0.2) is 5.54 Å². The number of carbonyl (C=O) groups is 3. The van der Waals surface area contributed by atoms with E-state index in [2.05, 4.69) is 15.6 Å². The summed E-state index contributed by atoms with van der Waals surface area (Å²) in [6, 6.07) is 10.3. The molecule has 3 rings (SSSR count). The van der Waals surface area contributed by atoms with E-state index in [0.29, 0.717) is 5.69 Å². The van der Waals surface area contributed by atoms with Gasteiger partial charge in [-0.2, -0.15) is 0 Å². The normalized spacial score (nSPS) is 19.1. The minimum Gasteiger partial charge on any atom is -0.324 e. The standard InChI is InChI=1S/C21H24N4O3/c1-13(2)15-9-7-8-14(3)18(15)23-17(26)12-25-19(27)21(4,24-20(25)28)16-10-5-6-11-22-16/h5-11,13H,12H2,1-4H3,(H,23,26)(H,24,28). The molecule has 1 aromatic carbocycles. The number of imide groups is 1. The number of pyridine rings is 1.